The van der Waals surface area contributed by atoms with E-state index in [0.29, 0.717) is 29.5 Å². The van der Waals surface area contributed by atoms with Crippen molar-refractivity contribution < 1.29 is 96.1 Å². The zero-order chi connectivity index (χ0) is 109. The number of alkyl carbamates (subject to hydrolysis) is 1. The van der Waals surface area contributed by atoms with Gasteiger partial charge in [-0.25, -0.2) is 9.59 Å². The van der Waals surface area contributed by atoms with Crippen molar-refractivity contribution in [2.45, 2.75) is 360 Å². The molecule has 3 aromatic carbocycles. The van der Waals surface area contributed by atoms with Crippen LogP contribution in [0.1, 0.15) is 251 Å². The molecule has 20 N–H and O–H groups in total. The Bertz CT molecular complexity index is 4750. The highest BCUT2D eigenvalue weighted by atomic mass is 16.6. The van der Waals surface area contributed by atoms with Gasteiger partial charge in [-0.15, -0.1) is 0 Å². The maximum absolute atomic E-state index is 14.9. The molecule has 39 heteroatoms. The molecule has 0 aromatic heterocycles. The Hall–Kier alpha value is -12.3. The van der Waals surface area contributed by atoms with Crippen LogP contribution in [0.3, 0.4) is 0 Å². The third kappa shape index (κ3) is 41.1. The summed E-state index contributed by atoms with van der Waals surface area (Å²) in [4.78, 5) is 257. The molecule has 3 rings (SSSR count). The number of urea groups is 1. The fourth-order valence-corrected chi connectivity index (χ4v) is 15.3. The molecule has 0 aliphatic heterocycles. The Labute approximate surface area is 845 Å². The van der Waals surface area contributed by atoms with Crippen LogP contribution in [0.15, 0.2) is 91.0 Å². The molecule has 0 saturated heterocycles. The summed E-state index contributed by atoms with van der Waals surface area (Å²) in [5.74, 6) is -18.4. The van der Waals surface area contributed by atoms with E-state index < -0.39 is 273 Å². The van der Waals surface area contributed by atoms with Crippen molar-refractivity contribution >= 4 is 107 Å². The van der Waals surface area contributed by atoms with Crippen molar-refractivity contribution in [1.82, 2.24) is 95.3 Å². The van der Waals surface area contributed by atoms with Crippen molar-refractivity contribution in [3.63, 3.8) is 0 Å². The van der Waals surface area contributed by atoms with Gasteiger partial charge in [0.1, 0.15) is 94.7 Å². The Morgan fingerprint density at radius 3 is 1.02 bits per heavy atom. The SMILES string of the molecule is CC[C@H](C)C(NC(=O)[C@@H](NC(=O)C(C)(C)NC(=O)[C@@H](NC(=O)[C@H](Cc1ccccc1)NC(=O)C(C)(C)NC(=O)[C@@H](NC(=O)[C@@H](NC(=O)[C@@H](NC(=O)C(C)(C)NC(=O)CNC(=O)[C@@H](NC(=O)OC(C)(C)C)C(C)C)C(C)C)C(C)C)[C@@H](C)CC)C(C)C)C(C)C)C(=O)N[C@H](C(=O)N[C@H](C(=O)N[C@@H](Cc1ccccc1)[C@H](O)CN(Cc1ccccc1)C(=O)N[C@@H](CC(C)C)C(=O)N[C@H](C(N)=O)C(C)C)C(C)C)C(C)C. The van der Waals surface area contributed by atoms with E-state index >= 15 is 0 Å². The van der Waals surface area contributed by atoms with Gasteiger partial charge in [-0.1, -0.05) is 256 Å². The molecule has 0 aliphatic carbocycles. The number of nitrogens with two attached hydrogens (primary N) is 1. The second kappa shape index (κ2) is 57.2. The predicted molar refractivity (Wildman–Crippen MR) is 546 cm³/mol. The van der Waals surface area contributed by atoms with Gasteiger partial charge in [0, 0.05) is 13.0 Å². The maximum atomic E-state index is 14.9. The van der Waals surface area contributed by atoms with E-state index in [2.05, 4.69) is 90.4 Å². The van der Waals surface area contributed by atoms with E-state index in [-0.39, 0.29) is 44.2 Å². The van der Waals surface area contributed by atoms with Gasteiger partial charge in [0.2, 0.25) is 94.5 Å². The molecular formula is C104H169N19O20. The first-order chi connectivity index (χ1) is 66.2. The molecule has 19 amide bonds. The number of ether oxygens (including phenoxy) is 1. The minimum absolute atomic E-state index is 0.0412. The molecule has 3 aromatic rings. The molecule has 0 bridgehead atoms. The highest BCUT2D eigenvalue weighted by molar-refractivity contribution is 6.02. The Morgan fingerprint density at radius 2 is 0.643 bits per heavy atom. The number of nitrogens with one attached hydrogen (secondary N) is 17. The zero-order valence-electron chi connectivity index (χ0n) is 90.0. The minimum atomic E-state index is -1.84. The van der Waals surface area contributed by atoms with Crippen molar-refractivity contribution in [2.24, 2.45) is 70.8 Å². The number of benzene rings is 3. The largest absolute Gasteiger partial charge is 0.444 e. The molecule has 0 radical (unpaired) electrons. The van der Waals surface area contributed by atoms with Crippen LogP contribution in [0, 0.1) is 65.1 Å². The van der Waals surface area contributed by atoms with Crippen molar-refractivity contribution in [2.75, 3.05) is 13.1 Å². The van der Waals surface area contributed by atoms with Crippen LogP contribution in [0.5, 0.6) is 0 Å². The molecule has 0 saturated carbocycles. The summed E-state index contributed by atoms with van der Waals surface area (Å²) in [5, 5.41) is 58.8. The van der Waals surface area contributed by atoms with Crippen molar-refractivity contribution in [1.29, 1.82) is 0 Å². The normalized spacial score (nSPS) is 15.3. The average Bonchev–Trinajstić information content (AvgIpc) is 0.814. The molecule has 0 fully saturated rings. The van der Waals surface area contributed by atoms with Crippen molar-refractivity contribution in [3.05, 3.63) is 108 Å². The van der Waals surface area contributed by atoms with Gasteiger partial charge in [0.25, 0.3) is 0 Å². The van der Waals surface area contributed by atoms with Crippen LogP contribution in [0.4, 0.5) is 9.59 Å². The van der Waals surface area contributed by atoms with Crippen LogP contribution in [0.2, 0.25) is 0 Å². The number of hydrogen-bond donors (Lipinski definition) is 19. The summed E-state index contributed by atoms with van der Waals surface area (Å²) < 4.78 is 5.29. The molecular weight excluding hydrogens is 1840 g/mol. The number of rotatable bonds is 56. The molecule has 16 atom stereocenters. The smallest absolute Gasteiger partial charge is 0.408 e. The highest BCUT2D eigenvalue weighted by Gasteiger charge is 2.45. The van der Waals surface area contributed by atoms with Gasteiger partial charge >= 0.3 is 12.1 Å². The highest BCUT2D eigenvalue weighted by Crippen LogP contribution is 2.23. The predicted octanol–water partition coefficient (Wildman–Crippen LogP) is 5.31. The number of primary amides is 1. The molecule has 0 spiro atoms. The Morgan fingerprint density at radius 1 is 0.336 bits per heavy atom. The monoisotopic (exact) mass is 2000 g/mol. The number of carbonyl (C=O) groups excluding carboxylic acids is 18. The van der Waals surface area contributed by atoms with E-state index in [4.69, 9.17) is 10.5 Å². The van der Waals surface area contributed by atoms with Gasteiger partial charge in [-0.05, 0) is 157 Å². The van der Waals surface area contributed by atoms with E-state index in [0.717, 1.165) is 0 Å². The summed E-state index contributed by atoms with van der Waals surface area (Å²) in [6, 6.07) is 9.32. The van der Waals surface area contributed by atoms with E-state index in [1.165, 1.54) is 46.4 Å². The maximum Gasteiger partial charge on any atom is 0.408 e. The Kier molecular flexibility index (Phi) is 50.0. The molecule has 0 heterocycles. The lowest BCUT2D eigenvalue weighted by Gasteiger charge is -2.34. The summed E-state index contributed by atoms with van der Waals surface area (Å²) in [7, 11) is 0. The van der Waals surface area contributed by atoms with Crippen LogP contribution in [-0.4, -0.2) is 237 Å². The van der Waals surface area contributed by atoms with Gasteiger partial charge in [0.05, 0.1) is 25.2 Å². The topological polar surface area (TPSA) is 570 Å². The number of hydrogen-bond acceptors (Lipinski definition) is 20. The average molecular weight is 2010 g/mol. The molecule has 1 unspecified atom stereocenters. The molecule has 0 aliphatic rings. The summed E-state index contributed by atoms with van der Waals surface area (Å²) in [6.07, 6.45) is -1.60. The quantitative estimate of drug-likeness (QED) is 0.0340. The zero-order valence-corrected chi connectivity index (χ0v) is 90.0. The first kappa shape index (κ1) is 125. The van der Waals surface area contributed by atoms with Crippen LogP contribution < -0.4 is 96.1 Å². The lowest BCUT2D eigenvalue weighted by atomic mass is 9.94. The molecule has 143 heavy (non-hydrogen) atoms. The molecule has 800 valence electrons. The van der Waals surface area contributed by atoms with Crippen LogP contribution >= 0.6 is 0 Å². The van der Waals surface area contributed by atoms with E-state index in [9.17, 15) is 91.4 Å². The fraction of sp³-hybridized carbons (Fsp3) is 0.654. The lowest BCUT2D eigenvalue weighted by Crippen LogP contribution is -2.66. The first-order valence-electron chi connectivity index (χ1n) is 49.9. The summed E-state index contributed by atoms with van der Waals surface area (Å²) in [5.41, 5.74) is 1.42. The van der Waals surface area contributed by atoms with Gasteiger partial charge in [0.15, 0.2) is 0 Å². The van der Waals surface area contributed by atoms with Gasteiger partial charge < -0.3 is 111 Å². The Balaban J connectivity index is 1.86. The number of nitrogens with zero attached hydrogens (tertiary/aromatic N) is 1. The third-order valence-corrected chi connectivity index (χ3v) is 24.6. The number of aliphatic hydroxyl groups is 1. The van der Waals surface area contributed by atoms with Crippen LogP contribution in [-0.2, 0) is 101 Å². The number of carbonyl (C=O) groups is 18. The number of aliphatic hydroxyl groups excluding tert-OH is 1. The van der Waals surface area contributed by atoms with E-state index in [1.807, 2.05) is 13.8 Å². The summed E-state index contributed by atoms with van der Waals surface area (Å²) in [6.45, 7) is 49.6. The lowest BCUT2D eigenvalue weighted by molar-refractivity contribution is -0.139. The standard InChI is InChI=1S/C104H169N19O20/c1-32-64(21)82(93(135)114-77(59(11)12)89(131)112-76(58(9)10)88(130)107-69(50-66-43-37-34-38-44-66)72(124)54-123(53-68-47-41-36-42-48-68)99(141)109-70(49-55(3)4)85(127)110-74(56(5)6)84(105)126)115-92(134)80(62(17)18)118-98(140)104(30,31)121-94(136)81(63(19)20)111-86(128)71(51-67-45-39-35-40-46-67)108-96(138)103(28,29)122-95(137)83(65(22)33-2)116-90(132)78(60(13)14)113-91(133)79(61(15)16)117-97(139)102(26,27)120-73(125)52-106-87(129)75(57(7)8)119-100(142)143-101(23,24)25/h34-48,55-65,69-72,74-83,124H,32-33,49-54H2,1-31H3,(H2,105,126)(H,106,129)(H,107,130)(H,108,138)(H,109,141)(H,110,127)(H,111,128)(H,112,131)(H,113,133)(H,114,135)(H,115,134)(H,116,132)(H,117,139)(H,118,140)(H,119,142)(H,120,125)(H,121,136)(H,122,137)/t64-,65-,69-,70-,71-,72+,74-,75-,76-,77-,78-,79-,80-,81-,82?,83-/m0/s1. The third-order valence-electron chi connectivity index (χ3n) is 24.6. The minimum Gasteiger partial charge on any atom is -0.444 e. The first-order valence-corrected chi connectivity index (χ1v) is 49.9. The van der Waals surface area contributed by atoms with Crippen LogP contribution in [0.25, 0.3) is 0 Å². The van der Waals surface area contributed by atoms with Gasteiger partial charge in [-0.3, -0.25) is 76.7 Å². The number of amides is 19. The van der Waals surface area contributed by atoms with Gasteiger partial charge in [-0.2, -0.15) is 0 Å². The molecule has 39 nitrogen and oxygen atoms in total. The second-order valence-electron chi connectivity index (χ2n) is 43.3. The summed E-state index contributed by atoms with van der Waals surface area (Å²) >= 11 is 0. The fourth-order valence-electron chi connectivity index (χ4n) is 15.3. The van der Waals surface area contributed by atoms with E-state index in [1.54, 1.807) is 250 Å². The van der Waals surface area contributed by atoms with Crippen molar-refractivity contribution in [3.8, 4) is 0 Å². The second-order valence-corrected chi connectivity index (χ2v) is 43.3.